The molecule has 0 heterocycles. The van der Waals surface area contributed by atoms with Crippen LogP contribution in [0.15, 0.2) is 46.9 Å². The van der Waals surface area contributed by atoms with Crippen molar-refractivity contribution in [3.8, 4) is 5.75 Å². The molecule has 0 spiro atoms. The van der Waals surface area contributed by atoms with Crippen LogP contribution in [0, 0.1) is 6.92 Å². The maximum atomic E-state index is 12.0. The van der Waals surface area contributed by atoms with E-state index in [0.29, 0.717) is 23.6 Å². The topological polar surface area (TPSA) is 93.7 Å². The summed E-state index contributed by atoms with van der Waals surface area (Å²) < 4.78 is 11.1. The molecule has 0 aliphatic rings. The van der Waals surface area contributed by atoms with E-state index in [-0.39, 0.29) is 6.54 Å². The van der Waals surface area contributed by atoms with Crippen molar-refractivity contribution < 1.29 is 23.9 Å². The lowest BCUT2D eigenvalue weighted by atomic mass is 10.2. The highest BCUT2D eigenvalue weighted by Gasteiger charge is 2.11. The molecule has 0 aliphatic heterocycles. The highest BCUT2D eigenvalue weighted by Crippen LogP contribution is 2.19. The Morgan fingerprint density at radius 1 is 1.07 bits per heavy atom. The lowest BCUT2D eigenvalue weighted by Crippen LogP contribution is -2.32. The van der Waals surface area contributed by atoms with Gasteiger partial charge in [-0.25, -0.2) is 0 Å². The Hall–Kier alpha value is -2.87. The monoisotopic (exact) mass is 448 g/mol. The Labute approximate surface area is 171 Å². The minimum absolute atomic E-state index is 0.337. The molecule has 0 bridgehead atoms. The molecular weight excluding hydrogens is 428 g/mol. The highest BCUT2D eigenvalue weighted by atomic mass is 79.9. The molecule has 0 aromatic heterocycles. The number of amides is 2. The molecular formula is C20H21BrN2O5. The van der Waals surface area contributed by atoms with Crippen LogP contribution in [0.4, 0.5) is 5.69 Å². The van der Waals surface area contributed by atoms with E-state index in [1.165, 1.54) is 0 Å². The molecule has 0 unspecified atom stereocenters. The van der Waals surface area contributed by atoms with Crippen molar-refractivity contribution >= 4 is 39.4 Å². The van der Waals surface area contributed by atoms with Crippen molar-refractivity contribution in [1.29, 1.82) is 0 Å². The normalized spacial score (nSPS) is 10.1. The number of benzene rings is 2. The minimum Gasteiger partial charge on any atom is -0.494 e. The molecule has 8 heteroatoms. The first-order valence-electron chi connectivity index (χ1n) is 8.61. The van der Waals surface area contributed by atoms with Crippen LogP contribution in [0.25, 0.3) is 0 Å². The first-order chi connectivity index (χ1) is 13.4. The number of ether oxygens (including phenoxy) is 2. The van der Waals surface area contributed by atoms with Gasteiger partial charge in [-0.05, 0) is 61.9 Å². The number of nitrogens with one attached hydrogen (secondary N) is 2. The van der Waals surface area contributed by atoms with Crippen LogP contribution in [-0.4, -0.2) is 37.5 Å². The van der Waals surface area contributed by atoms with Gasteiger partial charge in [-0.15, -0.1) is 0 Å². The third kappa shape index (κ3) is 6.70. The molecule has 148 valence electrons. The zero-order valence-electron chi connectivity index (χ0n) is 15.6. The zero-order valence-corrected chi connectivity index (χ0v) is 17.2. The van der Waals surface area contributed by atoms with Crippen LogP contribution in [0.2, 0.25) is 0 Å². The second-order valence-corrected chi connectivity index (χ2v) is 6.67. The minimum atomic E-state index is -0.707. The van der Waals surface area contributed by atoms with Crippen molar-refractivity contribution in [2.24, 2.45) is 0 Å². The molecule has 7 nitrogen and oxygen atoms in total. The van der Waals surface area contributed by atoms with E-state index in [1.54, 1.807) is 36.4 Å². The van der Waals surface area contributed by atoms with Gasteiger partial charge in [0.15, 0.2) is 6.61 Å². The van der Waals surface area contributed by atoms with Gasteiger partial charge >= 0.3 is 5.97 Å². The molecule has 2 rings (SSSR count). The summed E-state index contributed by atoms with van der Waals surface area (Å²) in [5.74, 6) is -0.936. The van der Waals surface area contributed by atoms with Gasteiger partial charge in [0, 0.05) is 15.7 Å². The summed E-state index contributed by atoms with van der Waals surface area (Å²) in [6, 6.07) is 11.9. The fourth-order valence-corrected chi connectivity index (χ4v) is 2.49. The predicted octanol–water partition coefficient (Wildman–Crippen LogP) is 3.07. The van der Waals surface area contributed by atoms with Gasteiger partial charge in [0.05, 0.1) is 6.61 Å². The average Bonchev–Trinajstić information content (AvgIpc) is 2.68. The quantitative estimate of drug-likeness (QED) is 0.605. The molecule has 2 aromatic rings. The molecule has 0 radical (unpaired) electrons. The van der Waals surface area contributed by atoms with E-state index >= 15 is 0 Å². The lowest BCUT2D eigenvalue weighted by molar-refractivity contribution is -0.146. The number of esters is 1. The van der Waals surface area contributed by atoms with E-state index in [9.17, 15) is 14.4 Å². The average molecular weight is 449 g/mol. The number of aryl methyl sites for hydroxylation is 1. The van der Waals surface area contributed by atoms with Crippen LogP contribution in [0.3, 0.4) is 0 Å². The van der Waals surface area contributed by atoms with E-state index in [4.69, 9.17) is 9.47 Å². The fourth-order valence-electron chi connectivity index (χ4n) is 2.24. The summed E-state index contributed by atoms with van der Waals surface area (Å²) in [5.41, 5.74) is 1.96. The molecule has 2 amide bonds. The molecule has 0 saturated heterocycles. The standard InChI is InChI=1S/C20H21BrN2O5/c1-3-27-16-7-4-14(5-8-16)20(26)22-11-19(25)28-12-18(24)23-15-6-9-17(21)13(2)10-15/h4-10H,3,11-12H2,1-2H3,(H,22,26)(H,23,24). The van der Waals surface area contributed by atoms with Crippen molar-refractivity contribution in [3.63, 3.8) is 0 Å². The van der Waals surface area contributed by atoms with Gasteiger partial charge < -0.3 is 20.1 Å². The summed E-state index contributed by atoms with van der Waals surface area (Å²) in [5, 5.41) is 5.08. The van der Waals surface area contributed by atoms with Crippen molar-refractivity contribution in [2.75, 3.05) is 25.1 Å². The Balaban J connectivity index is 1.73. The van der Waals surface area contributed by atoms with E-state index in [1.807, 2.05) is 19.9 Å². The molecule has 2 N–H and O–H groups in total. The third-order valence-corrected chi connectivity index (χ3v) is 4.52. The maximum absolute atomic E-state index is 12.0. The maximum Gasteiger partial charge on any atom is 0.325 e. The predicted molar refractivity (Wildman–Crippen MR) is 108 cm³/mol. The van der Waals surface area contributed by atoms with E-state index in [2.05, 4.69) is 26.6 Å². The van der Waals surface area contributed by atoms with Crippen molar-refractivity contribution in [3.05, 3.63) is 58.1 Å². The van der Waals surface area contributed by atoms with Gasteiger partial charge in [-0.3, -0.25) is 14.4 Å². The van der Waals surface area contributed by atoms with Crippen LogP contribution in [0.1, 0.15) is 22.8 Å². The summed E-state index contributed by atoms with van der Waals surface area (Å²) in [6.07, 6.45) is 0. The number of halogens is 1. The summed E-state index contributed by atoms with van der Waals surface area (Å²) >= 11 is 3.38. The Morgan fingerprint density at radius 2 is 1.79 bits per heavy atom. The van der Waals surface area contributed by atoms with Crippen LogP contribution in [-0.2, 0) is 14.3 Å². The van der Waals surface area contributed by atoms with Gasteiger partial charge in [0.25, 0.3) is 11.8 Å². The highest BCUT2D eigenvalue weighted by molar-refractivity contribution is 9.10. The molecule has 0 fully saturated rings. The Kier molecular flexibility index (Phi) is 8.01. The van der Waals surface area contributed by atoms with Crippen molar-refractivity contribution in [2.45, 2.75) is 13.8 Å². The van der Waals surface area contributed by atoms with Crippen LogP contribution >= 0.6 is 15.9 Å². The molecule has 0 atom stereocenters. The Bertz CT molecular complexity index is 852. The number of hydrogen-bond acceptors (Lipinski definition) is 5. The second-order valence-electron chi connectivity index (χ2n) is 5.81. The first-order valence-corrected chi connectivity index (χ1v) is 9.41. The summed E-state index contributed by atoms with van der Waals surface area (Å²) in [4.78, 5) is 35.6. The van der Waals surface area contributed by atoms with Gasteiger partial charge in [-0.2, -0.15) is 0 Å². The third-order valence-electron chi connectivity index (χ3n) is 3.63. The van der Waals surface area contributed by atoms with E-state index in [0.717, 1.165) is 10.0 Å². The molecule has 2 aromatic carbocycles. The SMILES string of the molecule is CCOc1ccc(C(=O)NCC(=O)OCC(=O)Nc2ccc(Br)c(C)c2)cc1. The Morgan fingerprint density at radius 3 is 2.43 bits per heavy atom. The van der Waals surface area contributed by atoms with Gasteiger partial charge in [0.1, 0.15) is 12.3 Å². The van der Waals surface area contributed by atoms with Crippen molar-refractivity contribution in [1.82, 2.24) is 5.32 Å². The molecule has 0 aliphatic carbocycles. The zero-order chi connectivity index (χ0) is 20.5. The number of anilines is 1. The number of rotatable bonds is 8. The lowest BCUT2D eigenvalue weighted by Gasteiger charge is -2.09. The second kappa shape index (κ2) is 10.5. The van der Waals surface area contributed by atoms with Gasteiger partial charge in [-0.1, -0.05) is 15.9 Å². The number of hydrogen-bond donors (Lipinski definition) is 2. The largest absolute Gasteiger partial charge is 0.494 e. The van der Waals surface area contributed by atoms with Gasteiger partial charge in [0.2, 0.25) is 0 Å². The first kappa shape index (κ1) is 21.4. The van der Waals surface area contributed by atoms with Crippen LogP contribution in [0.5, 0.6) is 5.75 Å². The number of carbonyl (C=O) groups excluding carboxylic acids is 3. The smallest absolute Gasteiger partial charge is 0.325 e. The van der Waals surface area contributed by atoms with Crippen LogP contribution < -0.4 is 15.4 Å². The molecule has 0 saturated carbocycles. The summed E-state index contributed by atoms with van der Waals surface area (Å²) in [6.45, 7) is 3.52. The van der Waals surface area contributed by atoms with E-state index < -0.39 is 24.4 Å². The number of carbonyl (C=O) groups is 3. The summed E-state index contributed by atoms with van der Waals surface area (Å²) in [7, 11) is 0. The fraction of sp³-hybridized carbons (Fsp3) is 0.250. The molecule has 28 heavy (non-hydrogen) atoms.